The molecule has 0 radical (unpaired) electrons. The van der Waals surface area contributed by atoms with E-state index in [0.29, 0.717) is 22.9 Å². The van der Waals surface area contributed by atoms with Crippen molar-refractivity contribution in [3.8, 4) is 22.8 Å². The molecule has 100 valence electrons. The Morgan fingerprint density at radius 3 is 2.47 bits per heavy atom. The number of nitrogens with zero attached hydrogens (tertiary/aromatic N) is 1. The zero-order chi connectivity index (χ0) is 14.0. The molecule has 0 saturated carbocycles. The van der Waals surface area contributed by atoms with Gasteiger partial charge in [0.25, 0.3) is 0 Å². The average Bonchev–Trinajstić information content (AvgIpc) is 2.80. The summed E-state index contributed by atoms with van der Waals surface area (Å²) in [7, 11) is 3.10. The number of ether oxygens (including phenoxy) is 2. The van der Waals surface area contributed by atoms with Gasteiger partial charge in [0.1, 0.15) is 0 Å². The highest BCUT2D eigenvalue weighted by molar-refractivity contribution is 5.85. The molecule has 0 spiro atoms. The Morgan fingerprint density at radius 1 is 1.26 bits per heavy atom. The summed E-state index contributed by atoms with van der Waals surface area (Å²) in [6, 6.07) is 5.31. The number of nitrogens with one attached hydrogen (secondary N) is 1. The predicted molar refractivity (Wildman–Crippen MR) is 68.8 cm³/mol. The second kappa shape index (κ2) is 5.01. The molecular weight excluding hydrogens is 248 g/mol. The molecule has 0 fully saturated rings. The Hall–Kier alpha value is -2.50. The van der Waals surface area contributed by atoms with Gasteiger partial charge in [-0.05, 0) is 25.1 Å². The number of H-pyrrole nitrogens is 1. The highest BCUT2D eigenvalue weighted by Gasteiger charge is 2.15. The van der Waals surface area contributed by atoms with Gasteiger partial charge in [-0.3, -0.25) is 0 Å². The predicted octanol–water partition coefficient (Wildman–Crippen LogP) is 2.10. The summed E-state index contributed by atoms with van der Waals surface area (Å²) in [4.78, 5) is 17.7. The number of hydrogen-bond acceptors (Lipinski definition) is 4. The zero-order valence-electron chi connectivity index (χ0n) is 10.9. The fourth-order valence-electron chi connectivity index (χ4n) is 1.83. The Labute approximate surface area is 110 Å². The minimum Gasteiger partial charge on any atom is -0.493 e. The van der Waals surface area contributed by atoms with Crippen molar-refractivity contribution in [2.24, 2.45) is 0 Å². The van der Waals surface area contributed by atoms with E-state index in [9.17, 15) is 4.79 Å². The maximum Gasteiger partial charge on any atom is 0.371 e. The molecule has 6 heteroatoms. The lowest BCUT2D eigenvalue weighted by atomic mass is 10.1. The van der Waals surface area contributed by atoms with E-state index in [4.69, 9.17) is 14.6 Å². The van der Waals surface area contributed by atoms with Gasteiger partial charge in [0.2, 0.25) is 5.82 Å². The van der Waals surface area contributed by atoms with Crippen LogP contribution in [0, 0.1) is 6.92 Å². The second-order valence-electron chi connectivity index (χ2n) is 3.93. The van der Waals surface area contributed by atoms with Crippen LogP contribution in [-0.2, 0) is 0 Å². The van der Waals surface area contributed by atoms with Crippen molar-refractivity contribution in [3.05, 3.63) is 29.7 Å². The molecule has 0 unspecified atom stereocenters. The molecule has 1 aromatic carbocycles. The first kappa shape index (κ1) is 12.9. The van der Waals surface area contributed by atoms with Crippen LogP contribution in [0.15, 0.2) is 18.2 Å². The fraction of sp³-hybridized carbons (Fsp3) is 0.231. The van der Waals surface area contributed by atoms with E-state index in [1.165, 1.54) is 0 Å². The molecule has 0 saturated heterocycles. The molecule has 1 aromatic heterocycles. The normalized spacial score (nSPS) is 10.3. The number of benzene rings is 1. The van der Waals surface area contributed by atoms with Crippen LogP contribution in [0.5, 0.6) is 11.5 Å². The Kier molecular flexibility index (Phi) is 3.41. The number of aryl methyl sites for hydroxylation is 1. The molecule has 19 heavy (non-hydrogen) atoms. The first-order valence-electron chi connectivity index (χ1n) is 5.59. The number of carbonyl (C=O) groups is 1. The molecule has 2 aromatic rings. The van der Waals surface area contributed by atoms with Gasteiger partial charge >= 0.3 is 5.97 Å². The number of aromatic amines is 1. The summed E-state index contributed by atoms with van der Waals surface area (Å²) >= 11 is 0. The summed E-state index contributed by atoms with van der Waals surface area (Å²) in [6.07, 6.45) is 0. The molecule has 6 nitrogen and oxygen atoms in total. The molecule has 0 amide bonds. The average molecular weight is 262 g/mol. The number of aromatic nitrogens is 2. The number of aromatic carboxylic acids is 1. The second-order valence-corrected chi connectivity index (χ2v) is 3.93. The van der Waals surface area contributed by atoms with Crippen molar-refractivity contribution in [3.63, 3.8) is 0 Å². The van der Waals surface area contributed by atoms with Crippen molar-refractivity contribution in [2.45, 2.75) is 6.92 Å². The number of imidazole rings is 1. The largest absolute Gasteiger partial charge is 0.493 e. The number of hydrogen-bond donors (Lipinski definition) is 2. The zero-order valence-corrected chi connectivity index (χ0v) is 10.9. The first-order chi connectivity index (χ1) is 9.06. The Bertz CT molecular complexity index is 619. The van der Waals surface area contributed by atoms with Crippen molar-refractivity contribution in [1.82, 2.24) is 9.97 Å². The summed E-state index contributed by atoms with van der Waals surface area (Å²) in [6.45, 7) is 1.77. The van der Waals surface area contributed by atoms with Crippen LogP contribution in [0.4, 0.5) is 0 Å². The van der Waals surface area contributed by atoms with Crippen LogP contribution < -0.4 is 9.47 Å². The molecule has 0 bridgehead atoms. The third kappa shape index (κ3) is 2.37. The van der Waals surface area contributed by atoms with Crippen molar-refractivity contribution in [2.75, 3.05) is 14.2 Å². The molecule has 0 aliphatic heterocycles. The van der Waals surface area contributed by atoms with E-state index in [0.717, 1.165) is 5.56 Å². The van der Waals surface area contributed by atoms with Crippen LogP contribution in [0.25, 0.3) is 11.3 Å². The van der Waals surface area contributed by atoms with E-state index in [1.54, 1.807) is 39.3 Å². The van der Waals surface area contributed by atoms with Crippen LogP contribution >= 0.6 is 0 Å². The number of rotatable bonds is 4. The summed E-state index contributed by atoms with van der Waals surface area (Å²) in [5.74, 6) is 0.00860. The number of methoxy groups -OCH3 is 2. The van der Waals surface area contributed by atoms with E-state index >= 15 is 0 Å². The summed E-state index contributed by atoms with van der Waals surface area (Å²) in [5.41, 5.74) is 2.03. The molecule has 0 aliphatic carbocycles. The molecule has 1 heterocycles. The minimum atomic E-state index is -1.09. The van der Waals surface area contributed by atoms with E-state index < -0.39 is 5.97 Å². The van der Waals surface area contributed by atoms with Crippen LogP contribution in [0.1, 0.15) is 16.3 Å². The van der Waals surface area contributed by atoms with Gasteiger partial charge in [-0.2, -0.15) is 0 Å². The lowest BCUT2D eigenvalue weighted by Crippen LogP contribution is -1.98. The van der Waals surface area contributed by atoms with Crippen LogP contribution in [-0.4, -0.2) is 35.3 Å². The van der Waals surface area contributed by atoms with E-state index in [1.807, 2.05) is 0 Å². The maximum atomic E-state index is 10.9. The van der Waals surface area contributed by atoms with Gasteiger partial charge in [0, 0.05) is 11.3 Å². The SMILES string of the molecule is COc1ccc(-c2nc(C(=O)O)[nH]c2C)cc1OC. The van der Waals surface area contributed by atoms with E-state index in [2.05, 4.69) is 9.97 Å². The van der Waals surface area contributed by atoms with Gasteiger partial charge in [-0.25, -0.2) is 9.78 Å². The summed E-state index contributed by atoms with van der Waals surface area (Å²) < 4.78 is 10.4. The van der Waals surface area contributed by atoms with Crippen molar-refractivity contribution >= 4 is 5.97 Å². The quantitative estimate of drug-likeness (QED) is 0.881. The monoisotopic (exact) mass is 262 g/mol. The van der Waals surface area contributed by atoms with Crippen molar-refractivity contribution < 1.29 is 19.4 Å². The standard InChI is InChI=1S/C13H14N2O4/c1-7-11(15-12(14-7)13(16)17)8-4-5-9(18-2)10(6-8)19-3/h4-6H,1-3H3,(H,14,15)(H,16,17). The molecule has 0 atom stereocenters. The third-order valence-electron chi connectivity index (χ3n) is 2.74. The molecule has 2 N–H and O–H groups in total. The lowest BCUT2D eigenvalue weighted by molar-refractivity contribution is 0.0684. The van der Waals surface area contributed by atoms with E-state index in [-0.39, 0.29) is 5.82 Å². The number of carboxylic acid groups (broad SMARTS) is 1. The van der Waals surface area contributed by atoms with Crippen LogP contribution in [0.2, 0.25) is 0 Å². The fourth-order valence-corrected chi connectivity index (χ4v) is 1.83. The Morgan fingerprint density at radius 2 is 1.95 bits per heavy atom. The minimum absolute atomic E-state index is 0.0812. The highest BCUT2D eigenvalue weighted by Crippen LogP contribution is 2.32. The van der Waals surface area contributed by atoms with Crippen LogP contribution in [0.3, 0.4) is 0 Å². The van der Waals surface area contributed by atoms with Gasteiger partial charge in [-0.1, -0.05) is 0 Å². The lowest BCUT2D eigenvalue weighted by Gasteiger charge is -2.08. The van der Waals surface area contributed by atoms with Gasteiger partial charge < -0.3 is 19.6 Å². The smallest absolute Gasteiger partial charge is 0.371 e. The maximum absolute atomic E-state index is 10.9. The van der Waals surface area contributed by atoms with Gasteiger partial charge in [-0.15, -0.1) is 0 Å². The molecular formula is C13H14N2O4. The van der Waals surface area contributed by atoms with Gasteiger partial charge in [0.05, 0.1) is 19.9 Å². The molecule has 0 aliphatic rings. The first-order valence-corrected chi connectivity index (χ1v) is 5.59. The third-order valence-corrected chi connectivity index (χ3v) is 2.74. The Balaban J connectivity index is 2.50. The number of carboxylic acids is 1. The van der Waals surface area contributed by atoms with Crippen molar-refractivity contribution in [1.29, 1.82) is 0 Å². The topological polar surface area (TPSA) is 84.4 Å². The highest BCUT2D eigenvalue weighted by atomic mass is 16.5. The molecule has 2 rings (SSSR count). The van der Waals surface area contributed by atoms with Gasteiger partial charge in [0.15, 0.2) is 11.5 Å². The summed E-state index contributed by atoms with van der Waals surface area (Å²) in [5, 5.41) is 8.91.